The molecule has 0 aromatic heterocycles. The number of hydrogen-bond acceptors (Lipinski definition) is 3. The Morgan fingerprint density at radius 1 is 1.28 bits per heavy atom. The van der Waals surface area contributed by atoms with Gasteiger partial charge in [-0.05, 0) is 5.56 Å². The second-order valence-corrected chi connectivity index (χ2v) is 3.99. The van der Waals surface area contributed by atoms with Gasteiger partial charge in [0, 0.05) is 13.2 Å². The third kappa shape index (κ3) is 2.76. The zero-order valence-electron chi connectivity index (χ0n) is 9.69. The molecule has 18 heavy (non-hydrogen) atoms. The van der Waals surface area contributed by atoms with Crippen molar-refractivity contribution in [3.05, 3.63) is 48.4 Å². The summed E-state index contributed by atoms with van der Waals surface area (Å²) in [5.74, 6) is 0. The first-order valence-electron chi connectivity index (χ1n) is 5.40. The van der Waals surface area contributed by atoms with Gasteiger partial charge >= 0.3 is 6.18 Å². The molecule has 0 fully saturated rings. The topological polar surface area (TPSA) is 24.5 Å². The van der Waals surface area contributed by atoms with Gasteiger partial charge in [-0.3, -0.25) is 0 Å². The maximum absolute atomic E-state index is 13.0. The van der Waals surface area contributed by atoms with Gasteiger partial charge in [-0.25, -0.2) is 5.32 Å². The number of benzene rings is 1. The van der Waals surface area contributed by atoms with E-state index in [1.807, 2.05) is 0 Å². The highest BCUT2D eigenvalue weighted by atomic mass is 19.4. The van der Waals surface area contributed by atoms with E-state index >= 15 is 0 Å². The number of halogens is 3. The van der Waals surface area contributed by atoms with Crippen LogP contribution in [0.3, 0.4) is 0 Å². The number of rotatable bonds is 3. The molecule has 1 aliphatic rings. The van der Waals surface area contributed by atoms with Gasteiger partial charge in [-0.15, -0.1) is 0 Å². The first-order valence-corrected chi connectivity index (χ1v) is 5.40. The van der Waals surface area contributed by atoms with Crippen molar-refractivity contribution < 1.29 is 17.9 Å². The number of nitrogens with zero attached hydrogens (tertiary/aromatic N) is 1. The zero-order valence-corrected chi connectivity index (χ0v) is 9.69. The van der Waals surface area contributed by atoms with Crippen molar-refractivity contribution in [1.29, 1.82) is 0 Å². The molecule has 2 rings (SSSR count). The standard InChI is InChI=1S/C12H13F3N2O/c1-17-7-8-18-11(17)16-10(12(13,14)15)9-5-3-2-4-6-9/h2-8,10-11,16H,1H3. The number of alkyl halides is 3. The van der Waals surface area contributed by atoms with Gasteiger partial charge in [0.15, 0.2) is 0 Å². The molecule has 3 nitrogen and oxygen atoms in total. The molecule has 2 atom stereocenters. The smallest absolute Gasteiger partial charge is 0.408 e. The van der Waals surface area contributed by atoms with Crippen molar-refractivity contribution in [2.45, 2.75) is 18.6 Å². The Hall–Kier alpha value is -1.69. The summed E-state index contributed by atoms with van der Waals surface area (Å²) in [5, 5.41) is 2.44. The van der Waals surface area contributed by atoms with E-state index in [-0.39, 0.29) is 5.56 Å². The summed E-state index contributed by atoms with van der Waals surface area (Å²) >= 11 is 0. The Morgan fingerprint density at radius 2 is 1.94 bits per heavy atom. The van der Waals surface area contributed by atoms with Crippen LogP contribution in [0.2, 0.25) is 0 Å². The van der Waals surface area contributed by atoms with Crippen molar-refractivity contribution in [3.63, 3.8) is 0 Å². The Labute approximate surface area is 103 Å². The van der Waals surface area contributed by atoms with Crippen LogP contribution in [0, 0.1) is 0 Å². The van der Waals surface area contributed by atoms with Crippen molar-refractivity contribution in [1.82, 2.24) is 10.2 Å². The first-order chi connectivity index (χ1) is 8.48. The lowest BCUT2D eigenvalue weighted by Gasteiger charge is -2.28. The molecule has 2 unspecified atom stereocenters. The molecule has 1 aliphatic heterocycles. The quantitative estimate of drug-likeness (QED) is 0.902. The summed E-state index contributed by atoms with van der Waals surface area (Å²) < 4.78 is 44.1. The first kappa shape index (κ1) is 12.8. The Morgan fingerprint density at radius 3 is 2.44 bits per heavy atom. The molecule has 0 bridgehead atoms. The average molecular weight is 258 g/mol. The maximum atomic E-state index is 13.0. The monoisotopic (exact) mass is 258 g/mol. The van der Waals surface area contributed by atoms with Crippen LogP contribution in [0.1, 0.15) is 11.6 Å². The predicted octanol–water partition coefficient (Wildman–Crippen LogP) is 2.60. The van der Waals surface area contributed by atoms with Crippen molar-refractivity contribution in [2.75, 3.05) is 7.05 Å². The summed E-state index contributed by atoms with van der Waals surface area (Å²) in [6, 6.07) is 5.95. The molecular formula is C12H13F3N2O. The Balaban J connectivity index is 2.17. The largest absolute Gasteiger partial charge is 0.463 e. The second-order valence-electron chi connectivity index (χ2n) is 3.99. The summed E-state index contributed by atoms with van der Waals surface area (Å²) in [7, 11) is 1.64. The van der Waals surface area contributed by atoms with Crippen LogP contribution < -0.4 is 5.32 Å². The van der Waals surface area contributed by atoms with E-state index in [9.17, 15) is 13.2 Å². The molecule has 1 N–H and O–H groups in total. The highest BCUT2D eigenvalue weighted by molar-refractivity contribution is 5.20. The molecule has 0 spiro atoms. The normalized spacial score (nSPS) is 20.9. The van der Waals surface area contributed by atoms with Crippen molar-refractivity contribution in [3.8, 4) is 0 Å². The summed E-state index contributed by atoms with van der Waals surface area (Å²) in [6.07, 6.45) is -2.27. The third-order valence-corrected chi connectivity index (χ3v) is 2.64. The minimum atomic E-state index is -4.38. The van der Waals surface area contributed by atoms with E-state index in [4.69, 9.17) is 4.74 Å². The van der Waals surface area contributed by atoms with Crippen molar-refractivity contribution in [2.24, 2.45) is 0 Å². The van der Waals surface area contributed by atoms with E-state index in [2.05, 4.69) is 5.32 Å². The Bertz CT molecular complexity index is 419. The van der Waals surface area contributed by atoms with Crippen LogP contribution in [-0.2, 0) is 4.74 Å². The summed E-state index contributed by atoms with van der Waals surface area (Å²) in [5.41, 5.74) is 0.161. The van der Waals surface area contributed by atoms with Crippen LogP contribution in [0.25, 0.3) is 0 Å². The van der Waals surface area contributed by atoms with Crippen LogP contribution in [0.5, 0.6) is 0 Å². The molecule has 0 amide bonds. The fraction of sp³-hybridized carbons (Fsp3) is 0.333. The van der Waals surface area contributed by atoms with E-state index in [0.717, 1.165) is 0 Å². The molecule has 1 heterocycles. The molecule has 98 valence electrons. The second kappa shape index (κ2) is 4.89. The molecule has 0 radical (unpaired) electrons. The number of ether oxygens (including phenoxy) is 1. The molecule has 0 saturated heterocycles. The molecule has 6 heteroatoms. The number of hydrogen-bond donors (Lipinski definition) is 1. The van der Waals surface area contributed by atoms with E-state index in [1.54, 1.807) is 31.4 Å². The fourth-order valence-electron chi connectivity index (χ4n) is 1.70. The van der Waals surface area contributed by atoms with Gasteiger partial charge in [0.1, 0.15) is 12.3 Å². The van der Waals surface area contributed by atoms with Crippen LogP contribution in [-0.4, -0.2) is 24.5 Å². The SMILES string of the molecule is CN1C=COC1NC(c1ccccc1)C(F)(F)F. The maximum Gasteiger partial charge on any atom is 0.408 e. The van der Waals surface area contributed by atoms with Gasteiger partial charge in [-0.1, -0.05) is 30.3 Å². The fourth-order valence-corrected chi connectivity index (χ4v) is 1.70. The van der Waals surface area contributed by atoms with Crippen molar-refractivity contribution >= 4 is 0 Å². The van der Waals surface area contributed by atoms with Crippen LogP contribution in [0.4, 0.5) is 13.2 Å². The molecular weight excluding hydrogens is 245 g/mol. The van der Waals surface area contributed by atoms with Gasteiger partial charge in [0.2, 0.25) is 6.35 Å². The van der Waals surface area contributed by atoms with Gasteiger partial charge in [0.05, 0.1) is 0 Å². The minimum Gasteiger partial charge on any atom is -0.463 e. The van der Waals surface area contributed by atoms with E-state index in [1.165, 1.54) is 23.3 Å². The lowest BCUT2D eigenvalue weighted by atomic mass is 10.1. The number of nitrogens with one attached hydrogen (secondary N) is 1. The average Bonchev–Trinajstić information content (AvgIpc) is 2.71. The van der Waals surface area contributed by atoms with E-state index in [0.29, 0.717) is 0 Å². The molecule has 1 aromatic rings. The van der Waals surface area contributed by atoms with Gasteiger partial charge in [-0.2, -0.15) is 13.2 Å². The summed E-state index contributed by atoms with van der Waals surface area (Å²) in [6.45, 7) is 0. The summed E-state index contributed by atoms with van der Waals surface area (Å²) in [4.78, 5) is 1.53. The lowest BCUT2D eigenvalue weighted by Crippen LogP contribution is -2.46. The van der Waals surface area contributed by atoms with Crippen LogP contribution >= 0.6 is 0 Å². The third-order valence-electron chi connectivity index (χ3n) is 2.64. The van der Waals surface area contributed by atoms with Crippen LogP contribution in [0.15, 0.2) is 42.8 Å². The molecule has 0 saturated carbocycles. The zero-order chi connectivity index (χ0) is 13.2. The van der Waals surface area contributed by atoms with E-state index < -0.39 is 18.6 Å². The van der Waals surface area contributed by atoms with Gasteiger partial charge in [0.25, 0.3) is 0 Å². The highest BCUT2D eigenvalue weighted by Crippen LogP contribution is 2.33. The highest BCUT2D eigenvalue weighted by Gasteiger charge is 2.42. The predicted molar refractivity (Wildman–Crippen MR) is 60.1 cm³/mol. The molecule has 0 aliphatic carbocycles. The Kier molecular flexibility index (Phi) is 3.47. The lowest BCUT2D eigenvalue weighted by molar-refractivity contribution is -0.170. The minimum absolute atomic E-state index is 0.161. The molecule has 1 aromatic carbocycles. The van der Waals surface area contributed by atoms with Gasteiger partial charge < -0.3 is 9.64 Å².